The lowest BCUT2D eigenvalue weighted by atomic mass is 9.86. The maximum atomic E-state index is 4.15. The minimum atomic E-state index is 1.10. The largest absolute Gasteiger partial charge is 0.140 e. The highest BCUT2D eigenvalue weighted by Crippen LogP contribution is 2.45. The maximum Gasteiger partial charge on any atom is 0.0358 e. The molecule has 1 aliphatic rings. The summed E-state index contributed by atoms with van der Waals surface area (Å²) in [5.41, 5.74) is 6.92. The molecule has 0 spiro atoms. The summed E-state index contributed by atoms with van der Waals surface area (Å²) in [4.78, 5) is 1.51. The van der Waals surface area contributed by atoms with Gasteiger partial charge in [0.2, 0.25) is 0 Å². The number of aryl methyl sites for hydroxylation is 3. The molecule has 0 amide bonds. The van der Waals surface area contributed by atoms with Crippen molar-refractivity contribution in [2.45, 2.75) is 33.6 Å². The number of hydrogen-bond acceptors (Lipinski definition) is 1. The van der Waals surface area contributed by atoms with Gasteiger partial charge in [-0.1, -0.05) is 49.1 Å². The van der Waals surface area contributed by atoms with Crippen LogP contribution in [-0.2, 0) is 6.42 Å². The van der Waals surface area contributed by atoms with Gasteiger partial charge in [0, 0.05) is 20.5 Å². The third-order valence-electron chi connectivity index (χ3n) is 6.25. The van der Waals surface area contributed by atoms with E-state index in [9.17, 15) is 0 Å². The minimum Gasteiger partial charge on any atom is -0.140 e. The van der Waals surface area contributed by atoms with Crippen molar-refractivity contribution in [2.24, 2.45) is 0 Å². The number of thiophene rings is 1. The molecule has 1 heterocycles. The van der Waals surface area contributed by atoms with Gasteiger partial charge < -0.3 is 0 Å². The van der Waals surface area contributed by atoms with E-state index in [0.717, 1.165) is 12.8 Å². The molecule has 28 heavy (non-hydrogen) atoms. The monoisotopic (exact) mass is 380 g/mol. The standard InChI is InChI=1S/C27H24S/c1-5-9-18-12-13-25-27(19(18)6-2)24-14-22-16(3)20-10-7-8-11-21(20)17(4)23(22)15-26(24)28-25/h5-11,14-15H,2,12-13H2,1,3-4H3/b9-5-. The summed E-state index contributed by atoms with van der Waals surface area (Å²) in [5.74, 6) is 0. The van der Waals surface area contributed by atoms with Gasteiger partial charge in [-0.25, -0.2) is 0 Å². The van der Waals surface area contributed by atoms with Crippen LogP contribution in [0.2, 0.25) is 0 Å². The molecule has 0 N–H and O–H groups in total. The van der Waals surface area contributed by atoms with Gasteiger partial charge in [-0.05, 0) is 89.6 Å². The molecule has 0 radical (unpaired) electrons. The Morgan fingerprint density at radius 1 is 0.893 bits per heavy atom. The molecular formula is C27H24S. The Hall–Kier alpha value is -2.64. The van der Waals surface area contributed by atoms with Crippen molar-refractivity contribution in [3.63, 3.8) is 0 Å². The summed E-state index contributed by atoms with van der Waals surface area (Å²) in [7, 11) is 0. The highest BCUT2D eigenvalue weighted by molar-refractivity contribution is 7.19. The van der Waals surface area contributed by atoms with Gasteiger partial charge >= 0.3 is 0 Å². The molecule has 0 nitrogen and oxygen atoms in total. The molecule has 1 heteroatoms. The second-order valence-corrected chi connectivity index (χ2v) is 8.87. The Labute approximate surface area is 170 Å². The molecule has 1 aliphatic carbocycles. The van der Waals surface area contributed by atoms with Gasteiger partial charge in [0.1, 0.15) is 0 Å². The topological polar surface area (TPSA) is 0 Å². The van der Waals surface area contributed by atoms with Crippen LogP contribution >= 0.6 is 11.3 Å². The number of hydrogen-bond donors (Lipinski definition) is 0. The fraction of sp³-hybridized carbons (Fsp3) is 0.185. The highest BCUT2D eigenvalue weighted by Gasteiger charge is 2.22. The van der Waals surface area contributed by atoms with Crippen molar-refractivity contribution in [3.05, 3.63) is 88.3 Å². The number of rotatable bonds is 2. The van der Waals surface area contributed by atoms with Crippen LogP contribution in [0.1, 0.15) is 34.9 Å². The van der Waals surface area contributed by atoms with Gasteiger partial charge in [0.25, 0.3) is 0 Å². The Morgan fingerprint density at radius 2 is 1.57 bits per heavy atom. The van der Waals surface area contributed by atoms with E-state index in [1.54, 1.807) is 0 Å². The van der Waals surface area contributed by atoms with E-state index in [0.29, 0.717) is 0 Å². The summed E-state index contributed by atoms with van der Waals surface area (Å²) in [6, 6.07) is 13.7. The van der Waals surface area contributed by atoms with Crippen LogP contribution in [0.3, 0.4) is 0 Å². The van der Waals surface area contributed by atoms with Crippen molar-refractivity contribution in [1.29, 1.82) is 0 Å². The summed E-state index contributed by atoms with van der Waals surface area (Å²) >= 11 is 1.97. The molecule has 0 bridgehead atoms. The Balaban J connectivity index is 1.93. The molecule has 5 rings (SSSR count). The SMILES string of the molecule is C=CC1=C(/C=C\C)CCc2sc3cc4c(C)c5ccccc5c(C)c4cc3c21. The zero-order valence-electron chi connectivity index (χ0n) is 16.7. The second-order valence-electron chi connectivity index (χ2n) is 7.73. The van der Waals surface area contributed by atoms with Crippen molar-refractivity contribution in [3.8, 4) is 0 Å². The summed E-state index contributed by atoms with van der Waals surface area (Å²) in [6.07, 6.45) is 8.69. The molecule has 138 valence electrons. The van der Waals surface area contributed by atoms with Crippen LogP contribution in [0.5, 0.6) is 0 Å². The number of fused-ring (bicyclic) bond motifs is 5. The first kappa shape index (κ1) is 17.5. The first-order valence-corrected chi connectivity index (χ1v) is 10.8. The zero-order valence-corrected chi connectivity index (χ0v) is 17.5. The number of allylic oxidation sites excluding steroid dienone is 5. The van der Waals surface area contributed by atoms with Gasteiger partial charge in [0.05, 0.1) is 0 Å². The van der Waals surface area contributed by atoms with E-state index >= 15 is 0 Å². The van der Waals surface area contributed by atoms with Crippen LogP contribution < -0.4 is 0 Å². The third kappa shape index (κ3) is 2.36. The second kappa shape index (κ2) is 6.46. The molecule has 4 aromatic rings. The van der Waals surface area contributed by atoms with E-state index in [2.05, 4.69) is 82.0 Å². The van der Waals surface area contributed by atoms with Crippen LogP contribution in [0.15, 0.2) is 66.8 Å². The lowest BCUT2D eigenvalue weighted by Crippen LogP contribution is -1.99. The van der Waals surface area contributed by atoms with Gasteiger partial charge in [-0.2, -0.15) is 0 Å². The maximum absolute atomic E-state index is 4.15. The molecule has 0 saturated heterocycles. The Kier molecular flexibility index (Phi) is 4.03. The van der Waals surface area contributed by atoms with Crippen molar-refractivity contribution < 1.29 is 0 Å². The van der Waals surface area contributed by atoms with Crippen LogP contribution in [0.25, 0.3) is 37.2 Å². The minimum absolute atomic E-state index is 1.10. The fourth-order valence-electron chi connectivity index (χ4n) is 4.86. The normalized spacial score (nSPS) is 14.5. The first-order chi connectivity index (χ1) is 13.6. The summed E-state index contributed by atoms with van der Waals surface area (Å²) < 4.78 is 1.40. The van der Waals surface area contributed by atoms with E-state index in [4.69, 9.17) is 0 Å². The Morgan fingerprint density at radius 3 is 2.21 bits per heavy atom. The zero-order chi connectivity index (χ0) is 19.4. The first-order valence-electron chi connectivity index (χ1n) is 9.99. The predicted octanol–water partition coefficient (Wildman–Crippen LogP) is 8.29. The van der Waals surface area contributed by atoms with Gasteiger partial charge in [0.15, 0.2) is 0 Å². The summed E-state index contributed by atoms with van der Waals surface area (Å²) in [6.45, 7) is 10.8. The van der Waals surface area contributed by atoms with E-state index in [1.165, 1.54) is 64.3 Å². The Bertz CT molecular complexity index is 1340. The van der Waals surface area contributed by atoms with Crippen LogP contribution in [0, 0.1) is 13.8 Å². The van der Waals surface area contributed by atoms with E-state index < -0.39 is 0 Å². The van der Waals surface area contributed by atoms with Crippen LogP contribution in [-0.4, -0.2) is 0 Å². The summed E-state index contributed by atoms with van der Waals surface area (Å²) in [5, 5.41) is 6.90. The molecule has 3 aromatic carbocycles. The average Bonchev–Trinajstić information content (AvgIpc) is 3.09. The molecule has 1 aromatic heterocycles. The lowest BCUT2D eigenvalue weighted by molar-refractivity contribution is 0.968. The number of benzene rings is 3. The van der Waals surface area contributed by atoms with Gasteiger partial charge in [-0.3, -0.25) is 0 Å². The molecule has 0 aliphatic heterocycles. The van der Waals surface area contributed by atoms with E-state index in [1.807, 2.05) is 11.3 Å². The van der Waals surface area contributed by atoms with Crippen molar-refractivity contribution >= 4 is 48.5 Å². The third-order valence-corrected chi connectivity index (χ3v) is 7.47. The smallest absolute Gasteiger partial charge is 0.0358 e. The van der Waals surface area contributed by atoms with Crippen molar-refractivity contribution in [2.75, 3.05) is 0 Å². The predicted molar refractivity (Wildman–Crippen MR) is 127 cm³/mol. The lowest BCUT2D eigenvalue weighted by Gasteiger charge is -2.17. The fourth-order valence-corrected chi connectivity index (χ4v) is 6.10. The molecule has 0 atom stereocenters. The van der Waals surface area contributed by atoms with E-state index in [-0.39, 0.29) is 0 Å². The molecule has 0 fully saturated rings. The molecule has 0 saturated carbocycles. The van der Waals surface area contributed by atoms with Crippen LogP contribution in [0.4, 0.5) is 0 Å². The molecular weight excluding hydrogens is 356 g/mol. The van der Waals surface area contributed by atoms with Crippen molar-refractivity contribution in [1.82, 2.24) is 0 Å². The highest BCUT2D eigenvalue weighted by atomic mass is 32.1. The van der Waals surface area contributed by atoms with Gasteiger partial charge in [-0.15, -0.1) is 11.3 Å². The quantitative estimate of drug-likeness (QED) is 0.307. The molecule has 0 unspecified atom stereocenters. The average molecular weight is 381 g/mol.